The Balaban J connectivity index is 1.63. The molecule has 2 aromatic rings. The Labute approximate surface area is 199 Å². The number of hydrogen-bond donors (Lipinski definition) is 1. The number of ether oxygens (including phenoxy) is 1. The van der Waals surface area contributed by atoms with Crippen LogP contribution >= 0.6 is 23.4 Å². The summed E-state index contributed by atoms with van der Waals surface area (Å²) in [5.74, 6) is 1.67. The molecule has 0 aromatic heterocycles. The molecule has 1 N–H and O–H groups in total. The maximum absolute atomic E-state index is 13.2. The molecule has 0 bridgehead atoms. The van der Waals surface area contributed by atoms with E-state index in [4.69, 9.17) is 16.3 Å². The number of rotatable bonds is 10. The van der Waals surface area contributed by atoms with Crippen molar-refractivity contribution >= 4 is 35.2 Å². The summed E-state index contributed by atoms with van der Waals surface area (Å²) in [5.41, 5.74) is 2.03. The third-order valence-corrected chi connectivity index (χ3v) is 6.99. The van der Waals surface area contributed by atoms with Crippen LogP contribution in [0.3, 0.4) is 0 Å². The molecule has 0 spiro atoms. The number of halogens is 1. The summed E-state index contributed by atoms with van der Waals surface area (Å²) in [6.07, 6.45) is 4.32. The van der Waals surface area contributed by atoms with Crippen molar-refractivity contribution < 1.29 is 14.3 Å². The van der Waals surface area contributed by atoms with Crippen molar-refractivity contribution in [2.45, 2.75) is 57.0 Å². The van der Waals surface area contributed by atoms with Crippen LogP contribution in [0.25, 0.3) is 0 Å². The fraction of sp³-hybridized carbons (Fsp3) is 0.440. The van der Waals surface area contributed by atoms with E-state index in [1.807, 2.05) is 42.5 Å². The molecule has 0 saturated heterocycles. The van der Waals surface area contributed by atoms with Gasteiger partial charge in [-0.15, -0.1) is 11.8 Å². The number of carbonyl (C=O) groups excluding carboxylic acids is 2. The quantitative estimate of drug-likeness (QED) is 0.523. The first-order valence-corrected chi connectivity index (χ1v) is 12.5. The minimum absolute atomic E-state index is 0.0578. The summed E-state index contributed by atoms with van der Waals surface area (Å²) in [5, 5.41) is 3.74. The van der Waals surface area contributed by atoms with Crippen LogP contribution in [0.15, 0.2) is 48.5 Å². The van der Waals surface area contributed by atoms with Crippen LogP contribution in [0, 0.1) is 0 Å². The van der Waals surface area contributed by atoms with Gasteiger partial charge < -0.3 is 15.0 Å². The molecule has 1 aliphatic rings. The van der Waals surface area contributed by atoms with Gasteiger partial charge in [-0.25, -0.2) is 0 Å². The first-order chi connectivity index (χ1) is 15.5. The van der Waals surface area contributed by atoms with Crippen molar-refractivity contribution in [3.05, 3.63) is 64.7 Å². The van der Waals surface area contributed by atoms with Crippen LogP contribution in [0.2, 0.25) is 5.02 Å². The first kappa shape index (κ1) is 24.5. The third kappa shape index (κ3) is 7.17. The molecule has 7 heteroatoms. The Bertz CT molecular complexity index is 900. The Hall–Kier alpha value is -2.18. The lowest BCUT2D eigenvalue weighted by Gasteiger charge is -2.29. The average Bonchev–Trinajstić information content (AvgIpc) is 3.30. The van der Waals surface area contributed by atoms with E-state index in [1.165, 1.54) is 0 Å². The Morgan fingerprint density at radius 1 is 1.16 bits per heavy atom. The molecule has 1 aliphatic carbocycles. The summed E-state index contributed by atoms with van der Waals surface area (Å²) in [7, 11) is 1.64. The minimum Gasteiger partial charge on any atom is -0.497 e. The van der Waals surface area contributed by atoms with Crippen LogP contribution in [-0.4, -0.2) is 41.7 Å². The van der Waals surface area contributed by atoms with Gasteiger partial charge in [0.2, 0.25) is 11.8 Å². The summed E-state index contributed by atoms with van der Waals surface area (Å²) >= 11 is 7.68. The van der Waals surface area contributed by atoms with Crippen molar-refractivity contribution in [3.8, 4) is 5.75 Å². The maximum Gasteiger partial charge on any atom is 0.242 e. The monoisotopic (exact) mass is 474 g/mol. The summed E-state index contributed by atoms with van der Waals surface area (Å²) in [6, 6.07) is 14.9. The van der Waals surface area contributed by atoms with Crippen molar-refractivity contribution in [2.75, 3.05) is 12.9 Å². The zero-order chi connectivity index (χ0) is 22.9. The SMILES string of the molecule is COc1ccc(CSCC(=O)N(Cc2cccc(Cl)c2)[C@@H](C)C(=O)NC2CCCC2)cc1. The largest absolute Gasteiger partial charge is 0.497 e. The number of amides is 2. The number of nitrogens with one attached hydrogen (secondary N) is 1. The van der Waals surface area contributed by atoms with Gasteiger partial charge in [0.25, 0.3) is 0 Å². The molecule has 1 fully saturated rings. The maximum atomic E-state index is 13.2. The number of thioether (sulfide) groups is 1. The fourth-order valence-electron chi connectivity index (χ4n) is 3.87. The number of carbonyl (C=O) groups is 2. The van der Waals surface area contributed by atoms with Crippen LogP contribution < -0.4 is 10.1 Å². The van der Waals surface area contributed by atoms with E-state index >= 15 is 0 Å². The highest BCUT2D eigenvalue weighted by Crippen LogP contribution is 2.21. The topological polar surface area (TPSA) is 58.6 Å². The summed E-state index contributed by atoms with van der Waals surface area (Å²) in [6.45, 7) is 2.16. The second-order valence-corrected chi connectivity index (χ2v) is 9.58. The van der Waals surface area contributed by atoms with E-state index in [9.17, 15) is 9.59 Å². The van der Waals surface area contributed by atoms with Gasteiger partial charge in [-0.2, -0.15) is 0 Å². The van der Waals surface area contributed by atoms with Crippen molar-refractivity contribution in [2.24, 2.45) is 0 Å². The van der Waals surface area contributed by atoms with E-state index < -0.39 is 6.04 Å². The smallest absolute Gasteiger partial charge is 0.242 e. The lowest BCUT2D eigenvalue weighted by molar-refractivity contribution is -0.138. The van der Waals surface area contributed by atoms with Crippen LogP contribution in [0.4, 0.5) is 0 Å². The second kappa shape index (κ2) is 12.2. The predicted molar refractivity (Wildman–Crippen MR) is 131 cm³/mol. The molecule has 1 atom stereocenters. The van der Waals surface area contributed by atoms with E-state index in [-0.39, 0.29) is 17.9 Å². The summed E-state index contributed by atoms with van der Waals surface area (Å²) < 4.78 is 5.19. The summed E-state index contributed by atoms with van der Waals surface area (Å²) in [4.78, 5) is 27.8. The van der Waals surface area contributed by atoms with Crippen LogP contribution in [0.5, 0.6) is 5.75 Å². The van der Waals surface area contributed by atoms with Gasteiger partial charge in [-0.3, -0.25) is 9.59 Å². The highest BCUT2D eigenvalue weighted by Gasteiger charge is 2.28. The fourth-order valence-corrected chi connectivity index (χ4v) is 4.95. The van der Waals surface area contributed by atoms with E-state index in [0.29, 0.717) is 23.1 Å². The second-order valence-electron chi connectivity index (χ2n) is 8.16. The zero-order valence-electron chi connectivity index (χ0n) is 18.7. The van der Waals surface area contributed by atoms with Gasteiger partial charge >= 0.3 is 0 Å². The molecule has 0 aliphatic heterocycles. The number of hydrogen-bond acceptors (Lipinski definition) is 4. The van der Waals surface area contributed by atoms with E-state index in [2.05, 4.69) is 5.32 Å². The number of benzene rings is 2. The minimum atomic E-state index is -0.552. The van der Waals surface area contributed by atoms with Gasteiger partial charge in [0.1, 0.15) is 11.8 Å². The van der Waals surface area contributed by atoms with Gasteiger partial charge in [-0.1, -0.05) is 48.7 Å². The third-order valence-electron chi connectivity index (χ3n) is 5.76. The zero-order valence-corrected chi connectivity index (χ0v) is 20.3. The molecule has 1 saturated carbocycles. The van der Waals surface area contributed by atoms with Gasteiger partial charge in [0.15, 0.2) is 0 Å². The van der Waals surface area contributed by atoms with Crippen molar-refractivity contribution in [3.63, 3.8) is 0 Å². The molecule has 3 rings (SSSR count). The van der Waals surface area contributed by atoms with Gasteiger partial charge in [-0.05, 0) is 55.2 Å². The molecule has 0 radical (unpaired) electrons. The van der Waals surface area contributed by atoms with Crippen molar-refractivity contribution in [1.82, 2.24) is 10.2 Å². The normalized spacial score (nSPS) is 14.7. The molecular weight excluding hydrogens is 444 g/mol. The Morgan fingerprint density at radius 2 is 1.88 bits per heavy atom. The average molecular weight is 475 g/mol. The van der Waals surface area contributed by atoms with Crippen LogP contribution in [-0.2, 0) is 21.9 Å². The molecule has 2 amide bonds. The molecular formula is C25H31ClN2O3S. The Kier molecular flexibility index (Phi) is 9.30. The molecule has 2 aromatic carbocycles. The highest BCUT2D eigenvalue weighted by atomic mass is 35.5. The molecule has 5 nitrogen and oxygen atoms in total. The predicted octanol–water partition coefficient (Wildman–Crippen LogP) is 5.06. The first-order valence-electron chi connectivity index (χ1n) is 11.0. The van der Waals surface area contributed by atoms with Gasteiger partial charge in [0, 0.05) is 23.4 Å². The number of nitrogens with zero attached hydrogens (tertiary/aromatic N) is 1. The molecule has 172 valence electrons. The van der Waals surface area contributed by atoms with Crippen LogP contribution in [0.1, 0.15) is 43.7 Å². The van der Waals surface area contributed by atoms with Crippen molar-refractivity contribution in [1.29, 1.82) is 0 Å². The van der Waals surface area contributed by atoms with E-state index in [1.54, 1.807) is 36.8 Å². The number of methoxy groups -OCH3 is 1. The molecule has 32 heavy (non-hydrogen) atoms. The van der Waals surface area contributed by atoms with E-state index in [0.717, 1.165) is 42.6 Å². The standard InChI is InChI=1S/C25H31ClN2O3S/c1-18(25(30)27-22-8-3-4-9-22)28(15-20-6-5-7-21(26)14-20)24(29)17-32-16-19-10-12-23(31-2)13-11-19/h5-7,10-14,18,22H,3-4,8-9,15-17H2,1-2H3,(H,27,30)/t18-/m0/s1. The lowest BCUT2D eigenvalue weighted by Crippen LogP contribution is -2.50. The van der Waals surface area contributed by atoms with Gasteiger partial charge in [0.05, 0.1) is 12.9 Å². The molecule has 0 heterocycles. The molecule has 0 unspecified atom stereocenters. The lowest BCUT2D eigenvalue weighted by atomic mass is 10.1. The highest BCUT2D eigenvalue weighted by molar-refractivity contribution is 7.99. The Morgan fingerprint density at radius 3 is 2.53 bits per heavy atom.